The van der Waals surface area contributed by atoms with Gasteiger partial charge in [0.2, 0.25) is 0 Å². The Morgan fingerprint density at radius 1 is 1.15 bits per heavy atom. The SMILES string of the molecule is O=C(CSc1ccccc1[N+](=O)[O-])OCC(=O)N1CCCc2ccccc21. The number of hydrogen-bond donors (Lipinski definition) is 0. The molecule has 1 aliphatic rings. The van der Waals surface area contributed by atoms with Gasteiger partial charge in [0.1, 0.15) is 0 Å². The Labute approximate surface area is 160 Å². The molecule has 0 N–H and O–H groups in total. The van der Waals surface area contributed by atoms with Gasteiger partial charge in [0.25, 0.3) is 11.6 Å². The van der Waals surface area contributed by atoms with Crippen molar-refractivity contribution in [3.63, 3.8) is 0 Å². The fourth-order valence-electron chi connectivity index (χ4n) is 2.92. The van der Waals surface area contributed by atoms with Crippen LogP contribution in [0.2, 0.25) is 0 Å². The molecular formula is C19H18N2O5S. The Balaban J connectivity index is 1.53. The van der Waals surface area contributed by atoms with E-state index in [-0.39, 0.29) is 24.0 Å². The third kappa shape index (κ3) is 4.65. The second-order valence-electron chi connectivity index (χ2n) is 5.95. The van der Waals surface area contributed by atoms with Crippen LogP contribution in [0.15, 0.2) is 53.4 Å². The summed E-state index contributed by atoms with van der Waals surface area (Å²) in [7, 11) is 0. The highest BCUT2D eigenvalue weighted by Gasteiger charge is 2.23. The number of rotatable bonds is 6. The summed E-state index contributed by atoms with van der Waals surface area (Å²) < 4.78 is 5.07. The number of amides is 1. The number of carbonyl (C=O) groups excluding carboxylic acids is 2. The minimum absolute atomic E-state index is 0.0590. The maximum absolute atomic E-state index is 12.4. The van der Waals surface area contributed by atoms with E-state index in [9.17, 15) is 19.7 Å². The molecule has 0 radical (unpaired) electrons. The second kappa shape index (κ2) is 8.68. The highest BCUT2D eigenvalue weighted by atomic mass is 32.2. The maximum atomic E-state index is 12.4. The standard InChI is InChI=1S/C19H18N2O5S/c22-18(20-11-5-7-14-6-1-2-8-15(14)20)12-26-19(23)13-27-17-10-4-3-9-16(17)21(24)25/h1-4,6,8-10H,5,7,11-13H2. The van der Waals surface area contributed by atoms with Crippen molar-refractivity contribution in [1.29, 1.82) is 0 Å². The van der Waals surface area contributed by atoms with Gasteiger partial charge < -0.3 is 9.64 Å². The van der Waals surface area contributed by atoms with Crippen LogP contribution in [0.5, 0.6) is 0 Å². The number of nitrogens with zero attached hydrogens (tertiary/aromatic N) is 2. The van der Waals surface area contributed by atoms with Crippen molar-refractivity contribution in [1.82, 2.24) is 0 Å². The number of ether oxygens (including phenoxy) is 1. The molecule has 0 unspecified atom stereocenters. The zero-order chi connectivity index (χ0) is 19.2. The van der Waals surface area contributed by atoms with E-state index < -0.39 is 10.9 Å². The van der Waals surface area contributed by atoms with E-state index >= 15 is 0 Å². The van der Waals surface area contributed by atoms with Crippen LogP contribution in [-0.4, -0.2) is 35.7 Å². The molecule has 27 heavy (non-hydrogen) atoms. The molecule has 7 nitrogen and oxygen atoms in total. The van der Waals surface area contributed by atoms with Crippen molar-refractivity contribution in [3.8, 4) is 0 Å². The smallest absolute Gasteiger partial charge is 0.316 e. The summed E-state index contributed by atoms with van der Waals surface area (Å²) in [5, 5.41) is 11.0. The number of thioether (sulfide) groups is 1. The molecule has 8 heteroatoms. The average Bonchev–Trinajstić information content (AvgIpc) is 2.70. The van der Waals surface area contributed by atoms with E-state index in [1.807, 2.05) is 24.3 Å². The molecule has 1 aliphatic heterocycles. The highest BCUT2D eigenvalue weighted by Crippen LogP contribution is 2.29. The molecule has 140 valence electrons. The van der Waals surface area contributed by atoms with Gasteiger partial charge in [0.05, 0.1) is 15.6 Å². The molecule has 1 amide bonds. The van der Waals surface area contributed by atoms with Gasteiger partial charge in [-0.15, -0.1) is 11.8 Å². The van der Waals surface area contributed by atoms with Crippen LogP contribution in [0.25, 0.3) is 0 Å². The normalized spacial score (nSPS) is 13.0. The molecule has 0 fully saturated rings. The Hall–Kier alpha value is -2.87. The maximum Gasteiger partial charge on any atom is 0.316 e. The van der Waals surface area contributed by atoms with Crippen LogP contribution in [0.3, 0.4) is 0 Å². The summed E-state index contributed by atoms with van der Waals surface area (Å²) in [4.78, 5) is 36.9. The first-order valence-corrected chi connectivity index (χ1v) is 9.45. The van der Waals surface area contributed by atoms with Crippen LogP contribution >= 0.6 is 11.8 Å². The third-order valence-corrected chi connectivity index (χ3v) is 5.21. The Bertz CT molecular complexity index is 871. The van der Waals surface area contributed by atoms with Crippen molar-refractivity contribution in [2.75, 3.05) is 23.8 Å². The largest absolute Gasteiger partial charge is 0.455 e. The van der Waals surface area contributed by atoms with Crippen LogP contribution in [0.1, 0.15) is 12.0 Å². The van der Waals surface area contributed by atoms with Crippen LogP contribution in [-0.2, 0) is 20.7 Å². The molecule has 1 heterocycles. The van der Waals surface area contributed by atoms with E-state index in [0.29, 0.717) is 11.4 Å². The lowest BCUT2D eigenvalue weighted by Crippen LogP contribution is -2.38. The molecule has 3 rings (SSSR count). The molecule has 0 aromatic heterocycles. The molecule has 0 spiro atoms. The quantitative estimate of drug-likeness (QED) is 0.328. The number of aryl methyl sites for hydroxylation is 1. The number of nitro groups is 1. The Morgan fingerprint density at radius 2 is 1.89 bits per heavy atom. The number of hydrogen-bond acceptors (Lipinski definition) is 6. The zero-order valence-electron chi connectivity index (χ0n) is 14.5. The number of carbonyl (C=O) groups is 2. The predicted molar refractivity (Wildman–Crippen MR) is 102 cm³/mol. The summed E-state index contributed by atoms with van der Waals surface area (Å²) in [6.45, 7) is 0.253. The summed E-state index contributed by atoms with van der Waals surface area (Å²) in [5.74, 6) is -0.961. The number of nitro benzene ring substituents is 1. The summed E-state index contributed by atoms with van der Waals surface area (Å²) in [5.41, 5.74) is 1.91. The lowest BCUT2D eigenvalue weighted by Gasteiger charge is -2.29. The van der Waals surface area contributed by atoms with Crippen LogP contribution < -0.4 is 4.90 Å². The van der Waals surface area contributed by atoms with E-state index in [0.717, 1.165) is 35.9 Å². The van der Waals surface area contributed by atoms with Crippen molar-refractivity contribution >= 4 is 35.0 Å². The van der Waals surface area contributed by atoms with Gasteiger partial charge in [-0.1, -0.05) is 30.3 Å². The highest BCUT2D eigenvalue weighted by molar-refractivity contribution is 8.00. The van der Waals surface area contributed by atoms with Crippen LogP contribution in [0, 0.1) is 10.1 Å². The number of fused-ring (bicyclic) bond motifs is 1. The van der Waals surface area contributed by atoms with Crippen molar-refractivity contribution in [2.24, 2.45) is 0 Å². The zero-order valence-corrected chi connectivity index (χ0v) is 15.3. The van der Waals surface area contributed by atoms with Gasteiger partial charge in [-0.2, -0.15) is 0 Å². The first-order chi connectivity index (χ1) is 13.1. The Kier molecular flexibility index (Phi) is 6.08. The molecule has 0 saturated heterocycles. The van der Waals surface area contributed by atoms with Crippen molar-refractivity contribution in [2.45, 2.75) is 17.7 Å². The molecule has 2 aromatic carbocycles. The summed E-state index contributed by atoms with van der Waals surface area (Å²) in [6, 6.07) is 13.9. The van der Waals surface area contributed by atoms with E-state index in [1.165, 1.54) is 6.07 Å². The van der Waals surface area contributed by atoms with Gasteiger partial charge in [-0.05, 0) is 30.5 Å². The van der Waals surface area contributed by atoms with Gasteiger partial charge in [-0.25, -0.2) is 0 Å². The minimum Gasteiger partial charge on any atom is -0.455 e. The first-order valence-electron chi connectivity index (χ1n) is 8.46. The number of benzene rings is 2. The minimum atomic E-state index is -0.586. The number of para-hydroxylation sites is 2. The number of anilines is 1. The first kappa shape index (κ1) is 18.9. The molecular weight excluding hydrogens is 368 g/mol. The Morgan fingerprint density at radius 3 is 2.70 bits per heavy atom. The monoisotopic (exact) mass is 386 g/mol. The van der Waals surface area contributed by atoms with E-state index in [1.54, 1.807) is 23.1 Å². The van der Waals surface area contributed by atoms with Gasteiger partial charge in [0.15, 0.2) is 6.61 Å². The molecule has 0 aliphatic carbocycles. The van der Waals surface area contributed by atoms with Gasteiger partial charge in [0, 0.05) is 18.3 Å². The molecule has 0 atom stereocenters. The fourth-order valence-corrected chi connectivity index (χ4v) is 3.74. The second-order valence-corrected chi connectivity index (χ2v) is 6.97. The molecule has 2 aromatic rings. The van der Waals surface area contributed by atoms with E-state index in [4.69, 9.17) is 4.74 Å². The van der Waals surface area contributed by atoms with Gasteiger partial charge >= 0.3 is 5.97 Å². The number of esters is 1. The van der Waals surface area contributed by atoms with Gasteiger partial charge in [-0.3, -0.25) is 19.7 Å². The lowest BCUT2D eigenvalue weighted by molar-refractivity contribution is -0.387. The van der Waals surface area contributed by atoms with E-state index in [2.05, 4.69) is 0 Å². The molecule has 0 bridgehead atoms. The topological polar surface area (TPSA) is 89.7 Å². The van der Waals surface area contributed by atoms with Crippen molar-refractivity contribution < 1.29 is 19.2 Å². The van der Waals surface area contributed by atoms with Crippen LogP contribution in [0.4, 0.5) is 11.4 Å². The summed E-state index contributed by atoms with van der Waals surface area (Å²) >= 11 is 1.02. The summed E-state index contributed by atoms with van der Waals surface area (Å²) in [6.07, 6.45) is 1.79. The van der Waals surface area contributed by atoms with Crippen molar-refractivity contribution in [3.05, 3.63) is 64.2 Å². The fraction of sp³-hybridized carbons (Fsp3) is 0.263. The molecule has 0 saturated carbocycles. The average molecular weight is 386 g/mol. The lowest BCUT2D eigenvalue weighted by atomic mass is 10.0. The predicted octanol–water partition coefficient (Wildman–Crippen LogP) is 3.21. The third-order valence-electron chi connectivity index (χ3n) is 4.18.